The van der Waals surface area contributed by atoms with E-state index in [-0.39, 0.29) is 11.7 Å². The molecule has 0 aliphatic rings. The van der Waals surface area contributed by atoms with Crippen molar-refractivity contribution >= 4 is 27.5 Å². The topological polar surface area (TPSA) is 75.3 Å². The van der Waals surface area contributed by atoms with Crippen molar-refractivity contribution in [2.45, 2.75) is 25.5 Å². The summed E-state index contributed by atoms with van der Waals surface area (Å²) in [6, 6.07) is 6.87. The van der Waals surface area contributed by atoms with Crippen LogP contribution in [0.2, 0.25) is 5.02 Å². The molecule has 7 heteroatoms. The van der Waals surface area contributed by atoms with Gasteiger partial charge in [-0.2, -0.15) is 0 Å². The molecule has 0 aliphatic heterocycles. The number of carbonyl (C=O) groups excluding carboxylic acids is 1. The van der Waals surface area contributed by atoms with Gasteiger partial charge in [-0.3, -0.25) is 4.79 Å². The zero-order chi connectivity index (χ0) is 15.0. The number of unbranched alkanes of at least 4 members (excludes halogenated alkanes) is 1. The van der Waals surface area contributed by atoms with Crippen LogP contribution in [0.15, 0.2) is 24.3 Å². The molecule has 0 bridgehead atoms. The normalized spacial score (nSPS) is 11.3. The maximum absolute atomic E-state index is 11.9. The number of amides is 1. The fourth-order valence-electron chi connectivity index (χ4n) is 1.61. The molecule has 1 aromatic rings. The predicted octanol–water partition coefficient (Wildman–Crippen LogP) is 1.68. The van der Waals surface area contributed by atoms with Gasteiger partial charge in [-0.15, -0.1) is 0 Å². The molecule has 0 spiro atoms. The van der Waals surface area contributed by atoms with Crippen LogP contribution in [0.25, 0.3) is 0 Å². The molecule has 0 aromatic heterocycles. The van der Waals surface area contributed by atoms with E-state index in [1.165, 1.54) is 6.92 Å². The first-order valence-corrected chi connectivity index (χ1v) is 8.39. The highest BCUT2D eigenvalue weighted by molar-refractivity contribution is 7.88. The number of hydrogen-bond donors (Lipinski definition) is 2. The number of rotatable bonds is 8. The summed E-state index contributed by atoms with van der Waals surface area (Å²) in [5.74, 6) is -0.206. The van der Waals surface area contributed by atoms with Crippen LogP contribution < -0.4 is 10.0 Å². The first-order valence-electron chi connectivity index (χ1n) is 6.36. The average molecular weight is 319 g/mol. The van der Waals surface area contributed by atoms with E-state index in [1.807, 2.05) is 0 Å². The van der Waals surface area contributed by atoms with Gasteiger partial charge in [0.25, 0.3) is 0 Å². The highest BCUT2D eigenvalue weighted by atomic mass is 35.5. The lowest BCUT2D eigenvalue weighted by molar-refractivity contribution is -0.118. The molecule has 0 aliphatic carbocycles. The Morgan fingerprint density at radius 3 is 2.50 bits per heavy atom. The van der Waals surface area contributed by atoms with Gasteiger partial charge in [-0.25, -0.2) is 13.1 Å². The molecule has 1 aromatic carbocycles. The molecule has 2 N–H and O–H groups in total. The second-order valence-corrected chi connectivity index (χ2v) is 6.65. The summed E-state index contributed by atoms with van der Waals surface area (Å²) in [7, 11) is -3.38. The smallest absolute Gasteiger partial charge is 0.216 e. The summed E-state index contributed by atoms with van der Waals surface area (Å²) in [5, 5.41) is 3.10. The van der Waals surface area contributed by atoms with Crippen molar-refractivity contribution in [1.82, 2.24) is 10.0 Å². The van der Waals surface area contributed by atoms with Crippen molar-refractivity contribution < 1.29 is 13.2 Å². The van der Waals surface area contributed by atoms with Gasteiger partial charge in [0, 0.05) is 25.0 Å². The van der Waals surface area contributed by atoms with Gasteiger partial charge in [0.2, 0.25) is 15.9 Å². The molecular formula is C13H19ClN2O3S. The van der Waals surface area contributed by atoms with Crippen LogP contribution in [0.3, 0.4) is 0 Å². The molecule has 0 atom stereocenters. The highest BCUT2D eigenvalue weighted by Gasteiger charge is 2.12. The van der Waals surface area contributed by atoms with Gasteiger partial charge < -0.3 is 5.32 Å². The molecule has 0 saturated carbocycles. The summed E-state index contributed by atoms with van der Waals surface area (Å²) < 4.78 is 26.2. The Kier molecular flexibility index (Phi) is 6.98. The molecule has 112 valence electrons. The number of benzene rings is 1. The monoisotopic (exact) mass is 318 g/mol. The van der Waals surface area contributed by atoms with Crippen LogP contribution in [0.1, 0.15) is 25.3 Å². The van der Waals surface area contributed by atoms with Crippen molar-refractivity contribution in [3.63, 3.8) is 0 Å². The van der Waals surface area contributed by atoms with Gasteiger partial charge in [-0.05, 0) is 24.5 Å². The lowest BCUT2D eigenvalue weighted by Crippen LogP contribution is -2.27. The number of sulfonamides is 1. The van der Waals surface area contributed by atoms with E-state index in [0.717, 1.165) is 6.42 Å². The Labute approximate surface area is 124 Å². The van der Waals surface area contributed by atoms with E-state index in [9.17, 15) is 13.2 Å². The first kappa shape index (κ1) is 16.9. The quantitative estimate of drug-likeness (QED) is 0.716. The SMILES string of the molecule is CC(=O)NCCCCNS(=O)(=O)Cc1ccccc1Cl. The van der Waals surface area contributed by atoms with Crippen molar-refractivity contribution in [3.05, 3.63) is 34.9 Å². The van der Waals surface area contributed by atoms with E-state index in [2.05, 4.69) is 10.0 Å². The van der Waals surface area contributed by atoms with Crippen LogP contribution in [-0.4, -0.2) is 27.4 Å². The zero-order valence-electron chi connectivity index (χ0n) is 11.4. The Bertz CT molecular complexity index is 546. The van der Waals surface area contributed by atoms with Gasteiger partial charge in [-0.1, -0.05) is 29.8 Å². The van der Waals surface area contributed by atoms with Gasteiger partial charge >= 0.3 is 0 Å². The molecule has 0 radical (unpaired) electrons. The van der Waals surface area contributed by atoms with Crippen LogP contribution >= 0.6 is 11.6 Å². The Balaban J connectivity index is 2.32. The molecule has 1 rings (SSSR count). The summed E-state index contributed by atoms with van der Waals surface area (Å²) in [4.78, 5) is 10.6. The Hall–Kier alpha value is -1.11. The minimum Gasteiger partial charge on any atom is -0.356 e. The maximum atomic E-state index is 11.9. The largest absolute Gasteiger partial charge is 0.356 e. The zero-order valence-corrected chi connectivity index (χ0v) is 12.9. The van der Waals surface area contributed by atoms with Crippen LogP contribution in [-0.2, 0) is 20.6 Å². The minimum atomic E-state index is -3.38. The molecule has 0 fully saturated rings. The van der Waals surface area contributed by atoms with Crippen molar-refractivity contribution in [2.24, 2.45) is 0 Å². The number of halogens is 1. The molecular weight excluding hydrogens is 300 g/mol. The molecule has 5 nitrogen and oxygen atoms in total. The summed E-state index contributed by atoms with van der Waals surface area (Å²) in [6.45, 7) is 2.36. The molecule has 20 heavy (non-hydrogen) atoms. The summed E-state index contributed by atoms with van der Waals surface area (Å²) >= 11 is 5.93. The van der Waals surface area contributed by atoms with E-state index < -0.39 is 10.0 Å². The van der Waals surface area contributed by atoms with Gasteiger partial charge in [0.05, 0.1) is 5.75 Å². The third kappa shape index (κ3) is 6.88. The van der Waals surface area contributed by atoms with E-state index >= 15 is 0 Å². The molecule has 0 unspecified atom stereocenters. The fraction of sp³-hybridized carbons (Fsp3) is 0.462. The number of carbonyl (C=O) groups is 1. The van der Waals surface area contributed by atoms with E-state index in [0.29, 0.717) is 30.1 Å². The molecule has 0 saturated heterocycles. The van der Waals surface area contributed by atoms with E-state index in [4.69, 9.17) is 11.6 Å². The third-order valence-corrected chi connectivity index (χ3v) is 4.31. The number of nitrogens with one attached hydrogen (secondary N) is 2. The van der Waals surface area contributed by atoms with Crippen molar-refractivity contribution in [2.75, 3.05) is 13.1 Å². The van der Waals surface area contributed by atoms with E-state index in [1.54, 1.807) is 24.3 Å². The lowest BCUT2D eigenvalue weighted by atomic mass is 10.2. The van der Waals surface area contributed by atoms with Crippen molar-refractivity contribution in [3.8, 4) is 0 Å². The molecule has 1 amide bonds. The summed E-state index contributed by atoms with van der Waals surface area (Å²) in [5.41, 5.74) is 0.583. The fourth-order valence-corrected chi connectivity index (χ4v) is 3.11. The van der Waals surface area contributed by atoms with Crippen molar-refractivity contribution in [1.29, 1.82) is 0 Å². The Morgan fingerprint density at radius 1 is 1.20 bits per heavy atom. The van der Waals surface area contributed by atoms with Gasteiger partial charge in [0.15, 0.2) is 0 Å². The van der Waals surface area contributed by atoms with Crippen LogP contribution in [0.4, 0.5) is 0 Å². The second kappa shape index (κ2) is 8.24. The predicted molar refractivity (Wildman–Crippen MR) is 80.0 cm³/mol. The van der Waals surface area contributed by atoms with Crippen LogP contribution in [0, 0.1) is 0 Å². The third-order valence-electron chi connectivity index (χ3n) is 2.60. The second-order valence-electron chi connectivity index (χ2n) is 4.43. The summed E-state index contributed by atoms with van der Waals surface area (Å²) in [6.07, 6.45) is 1.40. The highest BCUT2D eigenvalue weighted by Crippen LogP contribution is 2.17. The Morgan fingerprint density at radius 2 is 1.85 bits per heavy atom. The minimum absolute atomic E-state index is 0.0794. The average Bonchev–Trinajstić information content (AvgIpc) is 2.36. The standard InChI is InChI=1S/C13H19ClN2O3S/c1-11(17)15-8-4-5-9-16-20(18,19)10-12-6-2-3-7-13(12)14/h2-3,6-7,16H,4-5,8-10H2,1H3,(H,15,17). The van der Waals surface area contributed by atoms with Gasteiger partial charge in [0.1, 0.15) is 0 Å². The molecule has 0 heterocycles. The first-order chi connectivity index (χ1) is 9.41. The maximum Gasteiger partial charge on any atom is 0.216 e. The number of hydrogen-bond acceptors (Lipinski definition) is 3. The van der Waals surface area contributed by atoms with Crippen LogP contribution in [0.5, 0.6) is 0 Å². The lowest BCUT2D eigenvalue weighted by Gasteiger charge is -2.08.